The maximum Gasteiger partial charge on any atom is 0.258 e. The van der Waals surface area contributed by atoms with E-state index in [1.807, 2.05) is 6.07 Å². The highest BCUT2D eigenvalue weighted by molar-refractivity contribution is 14.1. The summed E-state index contributed by atoms with van der Waals surface area (Å²) in [4.78, 5) is 0. The minimum absolute atomic E-state index is 0.245. The Morgan fingerprint density at radius 2 is 1.47 bits per heavy atom. The van der Waals surface area contributed by atoms with E-state index in [1.54, 1.807) is 6.07 Å². The summed E-state index contributed by atoms with van der Waals surface area (Å²) in [5, 5.41) is 0. The number of hydrogen-bond acceptors (Lipinski definition) is 1. The molecule has 0 bridgehead atoms. The highest BCUT2D eigenvalue weighted by Crippen LogP contribution is 2.43. The summed E-state index contributed by atoms with van der Waals surface area (Å²) in [6.45, 7) is 13.2. The first-order chi connectivity index (χ1) is 8.71. The molecule has 0 heterocycles. The molecule has 0 amide bonds. The normalized spacial score (nSPS) is 12.6. The van der Waals surface area contributed by atoms with Crippen LogP contribution in [0.5, 0.6) is 5.75 Å². The van der Waals surface area contributed by atoms with E-state index in [-0.39, 0.29) is 5.82 Å². The Labute approximate surface area is 131 Å². The van der Waals surface area contributed by atoms with Gasteiger partial charge in [-0.3, -0.25) is 0 Å². The van der Waals surface area contributed by atoms with Gasteiger partial charge in [0.1, 0.15) is 5.75 Å². The first-order valence-corrected chi connectivity index (χ1v) is 10.1. The SMILES string of the molecule is CC(C)[Si](Oc1ccc(I)cc1F)(C(C)C)C(C)C. The zero-order chi connectivity index (χ0) is 14.8. The lowest BCUT2D eigenvalue weighted by Crippen LogP contribution is -2.50. The fourth-order valence-electron chi connectivity index (χ4n) is 3.10. The van der Waals surface area contributed by atoms with Gasteiger partial charge in [0.15, 0.2) is 5.82 Å². The third-order valence-electron chi connectivity index (χ3n) is 3.89. The second kappa shape index (κ2) is 6.57. The summed E-state index contributed by atoms with van der Waals surface area (Å²) in [6.07, 6.45) is 0. The van der Waals surface area contributed by atoms with Crippen LogP contribution in [-0.4, -0.2) is 8.32 Å². The number of rotatable bonds is 5. The second-order valence-electron chi connectivity index (χ2n) is 5.99. The van der Waals surface area contributed by atoms with Crippen molar-refractivity contribution < 1.29 is 8.82 Å². The highest BCUT2D eigenvalue weighted by Gasteiger charge is 2.47. The van der Waals surface area contributed by atoms with E-state index in [0.29, 0.717) is 22.4 Å². The second-order valence-corrected chi connectivity index (χ2v) is 12.6. The van der Waals surface area contributed by atoms with Crippen LogP contribution in [0.3, 0.4) is 0 Å². The topological polar surface area (TPSA) is 9.23 Å². The van der Waals surface area contributed by atoms with E-state index in [1.165, 1.54) is 6.07 Å². The van der Waals surface area contributed by atoms with Crippen LogP contribution in [0.1, 0.15) is 41.5 Å². The van der Waals surface area contributed by atoms with Crippen molar-refractivity contribution in [3.05, 3.63) is 27.6 Å². The molecule has 19 heavy (non-hydrogen) atoms. The van der Waals surface area contributed by atoms with Crippen molar-refractivity contribution in [1.82, 2.24) is 0 Å². The molecule has 0 aromatic heterocycles. The van der Waals surface area contributed by atoms with Crippen LogP contribution in [0, 0.1) is 9.39 Å². The van der Waals surface area contributed by atoms with Gasteiger partial charge in [-0.05, 0) is 57.4 Å². The standard InChI is InChI=1S/C15H24FIOSi/c1-10(2)19(11(3)4,12(5)6)18-15-8-7-13(17)9-14(15)16/h7-12H,1-6H3. The molecular weight excluding hydrogens is 370 g/mol. The fourth-order valence-corrected chi connectivity index (χ4v) is 8.81. The number of halogens is 2. The molecule has 0 spiro atoms. The lowest BCUT2D eigenvalue weighted by atomic mass is 10.3. The largest absolute Gasteiger partial charge is 0.541 e. The quantitative estimate of drug-likeness (QED) is 0.441. The molecule has 0 unspecified atom stereocenters. The molecule has 0 aliphatic rings. The van der Waals surface area contributed by atoms with Crippen LogP contribution in [0.2, 0.25) is 16.6 Å². The van der Waals surface area contributed by atoms with Gasteiger partial charge in [0, 0.05) is 3.57 Å². The molecule has 0 aliphatic heterocycles. The monoisotopic (exact) mass is 394 g/mol. The van der Waals surface area contributed by atoms with Crippen molar-refractivity contribution in [3.8, 4) is 5.75 Å². The molecule has 0 N–H and O–H groups in total. The van der Waals surface area contributed by atoms with E-state index in [4.69, 9.17) is 4.43 Å². The Morgan fingerprint density at radius 3 is 1.84 bits per heavy atom. The van der Waals surface area contributed by atoms with Gasteiger partial charge in [-0.15, -0.1) is 0 Å². The van der Waals surface area contributed by atoms with Gasteiger partial charge in [-0.1, -0.05) is 41.5 Å². The summed E-state index contributed by atoms with van der Waals surface area (Å²) in [7, 11) is -2.06. The molecule has 1 aromatic rings. The van der Waals surface area contributed by atoms with Gasteiger partial charge in [0.2, 0.25) is 0 Å². The first-order valence-electron chi connectivity index (χ1n) is 6.85. The lowest BCUT2D eigenvalue weighted by molar-refractivity contribution is 0.446. The molecule has 0 saturated carbocycles. The summed E-state index contributed by atoms with van der Waals surface area (Å²) in [5.74, 6) is 0.175. The van der Waals surface area contributed by atoms with Crippen molar-refractivity contribution in [1.29, 1.82) is 0 Å². The summed E-state index contributed by atoms with van der Waals surface area (Å²) in [6, 6.07) is 5.21. The summed E-state index contributed by atoms with van der Waals surface area (Å²) >= 11 is 2.12. The molecule has 4 heteroatoms. The van der Waals surface area contributed by atoms with E-state index >= 15 is 0 Å². The van der Waals surface area contributed by atoms with Gasteiger partial charge >= 0.3 is 0 Å². The average Bonchev–Trinajstić information content (AvgIpc) is 2.26. The molecule has 0 radical (unpaired) electrons. The van der Waals surface area contributed by atoms with Crippen LogP contribution >= 0.6 is 22.6 Å². The third kappa shape index (κ3) is 3.51. The molecule has 1 nitrogen and oxygen atoms in total. The van der Waals surface area contributed by atoms with Gasteiger partial charge in [-0.2, -0.15) is 0 Å². The van der Waals surface area contributed by atoms with Gasteiger partial charge in [0.05, 0.1) is 0 Å². The van der Waals surface area contributed by atoms with Gasteiger partial charge < -0.3 is 4.43 Å². The summed E-state index contributed by atoms with van der Waals surface area (Å²) < 4.78 is 21.3. The molecule has 0 saturated heterocycles. The molecule has 1 aromatic carbocycles. The van der Waals surface area contributed by atoms with Crippen LogP contribution in [-0.2, 0) is 0 Å². The van der Waals surface area contributed by atoms with Gasteiger partial charge in [-0.25, -0.2) is 4.39 Å². The lowest BCUT2D eigenvalue weighted by Gasteiger charge is -2.42. The number of benzene rings is 1. The van der Waals surface area contributed by atoms with E-state index in [0.717, 1.165) is 3.57 Å². The van der Waals surface area contributed by atoms with Crippen LogP contribution < -0.4 is 4.43 Å². The average molecular weight is 394 g/mol. The third-order valence-corrected chi connectivity index (χ3v) is 10.5. The maximum atomic E-state index is 14.1. The van der Waals surface area contributed by atoms with Crippen molar-refractivity contribution in [2.24, 2.45) is 0 Å². The smallest absolute Gasteiger partial charge is 0.258 e. The van der Waals surface area contributed by atoms with E-state index in [2.05, 4.69) is 64.1 Å². The Bertz CT molecular complexity index is 410. The van der Waals surface area contributed by atoms with Crippen LogP contribution in [0.15, 0.2) is 18.2 Å². The van der Waals surface area contributed by atoms with Crippen molar-refractivity contribution >= 4 is 30.9 Å². The molecular formula is C15H24FIOSi. The van der Waals surface area contributed by atoms with Crippen molar-refractivity contribution in [3.63, 3.8) is 0 Å². The van der Waals surface area contributed by atoms with Crippen LogP contribution in [0.4, 0.5) is 4.39 Å². The van der Waals surface area contributed by atoms with Crippen molar-refractivity contribution in [2.45, 2.75) is 58.2 Å². The minimum Gasteiger partial charge on any atom is -0.541 e. The number of hydrogen-bond donors (Lipinski definition) is 0. The van der Waals surface area contributed by atoms with Crippen molar-refractivity contribution in [2.75, 3.05) is 0 Å². The highest BCUT2D eigenvalue weighted by atomic mass is 127. The molecule has 0 fully saturated rings. The van der Waals surface area contributed by atoms with Gasteiger partial charge in [0.25, 0.3) is 8.32 Å². The Balaban J connectivity index is 3.21. The molecule has 0 atom stereocenters. The zero-order valence-electron chi connectivity index (χ0n) is 12.6. The Hall–Kier alpha value is -0.103. The molecule has 108 valence electrons. The Morgan fingerprint density at radius 1 is 1.00 bits per heavy atom. The van der Waals surface area contributed by atoms with E-state index in [9.17, 15) is 4.39 Å². The Kier molecular flexibility index (Phi) is 5.86. The first kappa shape index (κ1) is 16.9. The minimum atomic E-state index is -2.06. The van der Waals surface area contributed by atoms with E-state index < -0.39 is 8.32 Å². The molecule has 0 aliphatic carbocycles. The zero-order valence-corrected chi connectivity index (χ0v) is 15.8. The predicted octanol–water partition coefficient (Wildman–Crippen LogP) is 5.98. The maximum absolute atomic E-state index is 14.1. The predicted molar refractivity (Wildman–Crippen MR) is 90.8 cm³/mol. The summed E-state index contributed by atoms with van der Waals surface area (Å²) in [5.41, 5.74) is 1.35. The van der Waals surface area contributed by atoms with Crippen LogP contribution in [0.25, 0.3) is 0 Å². The fraction of sp³-hybridized carbons (Fsp3) is 0.600. The molecule has 1 rings (SSSR count).